The zero-order valence-electron chi connectivity index (χ0n) is 54.8. The maximum atomic E-state index is 12.5. The molecule has 0 fully saturated rings. The maximum Gasteiger partial charge on any atom is 0.305 e. The van der Waals surface area contributed by atoms with Crippen molar-refractivity contribution in [3.63, 3.8) is 0 Å². The molecule has 0 heterocycles. The van der Waals surface area contributed by atoms with Crippen molar-refractivity contribution in [1.29, 1.82) is 0 Å². The van der Waals surface area contributed by atoms with Gasteiger partial charge >= 0.3 is 5.97 Å². The fraction of sp³-hybridized carbons (Fsp3) is 0.893. The monoisotopic (exact) mass is 1140 g/mol. The number of ether oxygens (including phenoxy) is 1. The first-order chi connectivity index (χ1) is 40.0. The molecule has 0 aliphatic heterocycles. The number of unbranched alkanes of at least 4 members (excludes halogenated alkanes) is 54. The molecule has 0 radical (unpaired) electrons. The van der Waals surface area contributed by atoms with Crippen LogP contribution in [-0.2, 0) is 14.3 Å². The number of hydrogen-bond donors (Lipinski definition) is 3. The van der Waals surface area contributed by atoms with Gasteiger partial charge in [-0.1, -0.05) is 346 Å². The third kappa shape index (κ3) is 67.1. The van der Waals surface area contributed by atoms with Crippen molar-refractivity contribution in [2.75, 3.05) is 13.2 Å². The van der Waals surface area contributed by atoms with E-state index in [1.54, 1.807) is 6.08 Å². The molecule has 0 aromatic carbocycles. The van der Waals surface area contributed by atoms with Crippen LogP contribution in [0.2, 0.25) is 0 Å². The molecule has 2 atom stereocenters. The van der Waals surface area contributed by atoms with E-state index in [1.165, 1.54) is 334 Å². The maximum absolute atomic E-state index is 12.5. The number of amides is 1. The van der Waals surface area contributed by atoms with Gasteiger partial charge in [-0.25, -0.2) is 0 Å². The Hall–Kier alpha value is -1.92. The predicted octanol–water partition coefficient (Wildman–Crippen LogP) is 23.9. The third-order valence-corrected chi connectivity index (χ3v) is 17.1. The van der Waals surface area contributed by atoms with Crippen LogP contribution >= 0.6 is 0 Å². The van der Waals surface area contributed by atoms with E-state index >= 15 is 0 Å². The molecule has 0 aromatic rings. The highest BCUT2D eigenvalue weighted by Gasteiger charge is 2.18. The van der Waals surface area contributed by atoms with Crippen LogP contribution in [0.1, 0.15) is 406 Å². The summed E-state index contributed by atoms with van der Waals surface area (Å²) in [5.41, 5.74) is 0. The average Bonchev–Trinajstić information content (AvgIpc) is 3.47. The summed E-state index contributed by atoms with van der Waals surface area (Å²) in [6.07, 6.45) is 91.1. The second-order valence-corrected chi connectivity index (χ2v) is 25.3. The molecular formula is C75H143NO5. The van der Waals surface area contributed by atoms with Crippen LogP contribution in [-0.4, -0.2) is 47.4 Å². The van der Waals surface area contributed by atoms with Gasteiger partial charge in [-0.2, -0.15) is 0 Å². The average molecular weight is 1140 g/mol. The molecular weight excluding hydrogens is 995 g/mol. The number of nitrogens with one attached hydrogen (secondary N) is 1. The number of hydrogen-bond acceptors (Lipinski definition) is 5. The van der Waals surface area contributed by atoms with Gasteiger partial charge in [0, 0.05) is 12.8 Å². The van der Waals surface area contributed by atoms with Crippen LogP contribution in [0.25, 0.3) is 0 Å². The SMILES string of the molecule is CCCCCC/C=C\CCCCCCCC(=O)OCCCCCCCCCCCCCCCCCC/C=C\CCCCCCCCCCCCCCCCCCCC(=O)NC(CO)C(O)/C=C/CCCCCCCCCCCCCC. The van der Waals surface area contributed by atoms with Crippen molar-refractivity contribution in [1.82, 2.24) is 5.32 Å². The first-order valence-electron chi connectivity index (χ1n) is 36.8. The molecule has 0 spiro atoms. The summed E-state index contributed by atoms with van der Waals surface area (Å²) >= 11 is 0. The van der Waals surface area contributed by atoms with E-state index in [4.69, 9.17) is 4.74 Å². The van der Waals surface area contributed by atoms with E-state index in [9.17, 15) is 19.8 Å². The highest BCUT2D eigenvalue weighted by Crippen LogP contribution is 2.19. The van der Waals surface area contributed by atoms with E-state index in [0.717, 1.165) is 44.9 Å². The molecule has 0 saturated carbocycles. The number of aliphatic hydroxyl groups is 2. The summed E-state index contributed by atoms with van der Waals surface area (Å²) in [6, 6.07) is -0.624. The van der Waals surface area contributed by atoms with Crippen LogP contribution in [0.5, 0.6) is 0 Å². The molecule has 3 N–H and O–H groups in total. The largest absolute Gasteiger partial charge is 0.466 e. The Balaban J connectivity index is 3.34. The fourth-order valence-corrected chi connectivity index (χ4v) is 11.5. The smallest absolute Gasteiger partial charge is 0.305 e. The molecule has 478 valence electrons. The first-order valence-corrected chi connectivity index (χ1v) is 36.8. The van der Waals surface area contributed by atoms with Gasteiger partial charge in [0.05, 0.1) is 25.4 Å². The Morgan fingerprint density at radius 1 is 0.333 bits per heavy atom. The highest BCUT2D eigenvalue weighted by atomic mass is 16.5. The summed E-state index contributed by atoms with van der Waals surface area (Å²) in [4.78, 5) is 24.5. The summed E-state index contributed by atoms with van der Waals surface area (Å²) in [5.74, 6) is -0.0498. The van der Waals surface area contributed by atoms with E-state index < -0.39 is 12.1 Å². The number of esters is 1. The van der Waals surface area contributed by atoms with E-state index in [2.05, 4.69) is 43.5 Å². The summed E-state index contributed by atoms with van der Waals surface area (Å²) in [5, 5.41) is 23.2. The molecule has 0 bridgehead atoms. The molecule has 0 rings (SSSR count). The predicted molar refractivity (Wildman–Crippen MR) is 356 cm³/mol. The van der Waals surface area contributed by atoms with Gasteiger partial charge in [0.25, 0.3) is 0 Å². The minimum absolute atomic E-state index is 0.0122. The van der Waals surface area contributed by atoms with Gasteiger partial charge in [-0.05, 0) is 83.5 Å². The van der Waals surface area contributed by atoms with Crippen molar-refractivity contribution in [2.24, 2.45) is 0 Å². The lowest BCUT2D eigenvalue weighted by Crippen LogP contribution is -2.45. The fourth-order valence-electron chi connectivity index (χ4n) is 11.5. The first kappa shape index (κ1) is 79.1. The lowest BCUT2D eigenvalue weighted by molar-refractivity contribution is -0.143. The summed E-state index contributed by atoms with van der Waals surface area (Å²) < 4.78 is 5.48. The molecule has 6 nitrogen and oxygen atoms in total. The normalized spacial score (nSPS) is 12.7. The van der Waals surface area contributed by atoms with Crippen LogP contribution in [0.15, 0.2) is 36.5 Å². The Labute approximate surface area is 506 Å². The molecule has 2 unspecified atom stereocenters. The second kappa shape index (κ2) is 70.6. The lowest BCUT2D eigenvalue weighted by atomic mass is 10.0. The highest BCUT2D eigenvalue weighted by molar-refractivity contribution is 5.76. The number of carbonyl (C=O) groups is 2. The number of aliphatic hydroxyl groups excluding tert-OH is 2. The van der Waals surface area contributed by atoms with Crippen molar-refractivity contribution in [3.05, 3.63) is 36.5 Å². The van der Waals surface area contributed by atoms with Gasteiger partial charge in [0.15, 0.2) is 0 Å². The van der Waals surface area contributed by atoms with E-state index in [1.807, 2.05) is 6.08 Å². The van der Waals surface area contributed by atoms with Crippen LogP contribution in [0.4, 0.5) is 0 Å². The zero-order chi connectivity index (χ0) is 58.5. The molecule has 0 aromatic heterocycles. The van der Waals surface area contributed by atoms with Gasteiger partial charge in [-0.15, -0.1) is 0 Å². The minimum atomic E-state index is -0.841. The standard InChI is InChI=1S/C75H143NO5/c1-3-5-7-9-11-13-15-17-44-47-51-55-59-63-67-73(78)72(71-77)76-74(79)68-64-60-56-52-48-45-41-39-37-35-33-31-29-27-25-23-21-19-18-20-22-24-26-28-30-32-34-36-38-40-42-46-50-54-58-62-66-70-81-75(80)69-65-61-57-53-49-43-16-14-12-10-8-6-4-2/h14,16,18,20,63,67,72-73,77-78H,3-13,15,17,19,21-62,64-66,68-71H2,1-2H3,(H,76,79)/b16-14-,20-18-,67-63+. The van der Waals surface area contributed by atoms with Crippen LogP contribution in [0, 0.1) is 0 Å². The Morgan fingerprint density at radius 2 is 0.580 bits per heavy atom. The van der Waals surface area contributed by atoms with Gasteiger partial charge in [0.2, 0.25) is 5.91 Å². The van der Waals surface area contributed by atoms with E-state index in [0.29, 0.717) is 19.4 Å². The molecule has 1 amide bonds. The second-order valence-electron chi connectivity index (χ2n) is 25.3. The minimum Gasteiger partial charge on any atom is -0.466 e. The topological polar surface area (TPSA) is 95.9 Å². The van der Waals surface area contributed by atoms with Crippen molar-refractivity contribution < 1.29 is 24.5 Å². The molecule has 0 aliphatic carbocycles. The molecule has 0 aliphatic rings. The van der Waals surface area contributed by atoms with Crippen molar-refractivity contribution in [2.45, 2.75) is 418 Å². The number of allylic oxidation sites excluding steroid dienone is 5. The Kier molecular flexibility index (Phi) is 68.9. The van der Waals surface area contributed by atoms with Gasteiger partial charge in [-0.3, -0.25) is 9.59 Å². The number of rotatable bonds is 69. The van der Waals surface area contributed by atoms with Crippen molar-refractivity contribution in [3.8, 4) is 0 Å². The molecule has 81 heavy (non-hydrogen) atoms. The van der Waals surface area contributed by atoms with Crippen LogP contribution < -0.4 is 5.32 Å². The van der Waals surface area contributed by atoms with Crippen LogP contribution in [0.3, 0.4) is 0 Å². The van der Waals surface area contributed by atoms with Gasteiger partial charge < -0.3 is 20.3 Å². The third-order valence-electron chi connectivity index (χ3n) is 17.1. The summed E-state index contributed by atoms with van der Waals surface area (Å²) in [6.45, 7) is 4.91. The molecule has 6 heteroatoms. The zero-order valence-corrected chi connectivity index (χ0v) is 54.8. The lowest BCUT2D eigenvalue weighted by Gasteiger charge is -2.20. The Morgan fingerprint density at radius 3 is 0.889 bits per heavy atom. The number of carbonyl (C=O) groups excluding carboxylic acids is 2. The summed E-state index contributed by atoms with van der Waals surface area (Å²) in [7, 11) is 0. The van der Waals surface area contributed by atoms with Crippen molar-refractivity contribution >= 4 is 11.9 Å². The van der Waals surface area contributed by atoms with E-state index in [-0.39, 0.29) is 18.5 Å². The molecule has 0 saturated heterocycles. The Bertz CT molecular complexity index is 1310. The quantitative estimate of drug-likeness (QED) is 0.0320. The van der Waals surface area contributed by atoms with Gasteiger partial charge in [0.1, 0.15) is 0 Å².